The largest absolute Gasteiger partial charge is 0.461 e. The first-order valence-corrected chi connectivity index (χ1v) is 7.62. The molecule has 0 bridgehead atoms. The van der Waals surface area contributed by atoms with Crippen LogP contribution in [0.5, 0.6) is 0 Å². The second-order valence-corrected chi connectivity index (χ2v) is 6.44. The van der Waals surface area contributed by atoms with E-state index in [2.05, 4.69) is 0 Å². The lowest BCUT2D eigenvalue weighted by Gasteiger charge is -2.28. The smallest absolute Gasteiger partial charge is 0.278 e. The van der Waals surface area contributed by atoms with E-state index in [0.717, 1.165) is 10.8 Å². The molecule has 0 aliphatic heterocycles. The van der Waals surface area contributed by atoms with Gasteiger partial charge in [-0.05, 0) is 11.5 Å². The average molecular weight is 375 g/mol. The number of alkyl halides is 7. The zero-order chi connectivity index (χ0) is 18.4. The molecule has 0 radical (unpaired) electrons. The molecule has 0 saturated carbocycles. The van der Waals surface area contributed by atoms with E-state index in [9.17, 15) is 39.2 Å². The standard InChI is InChI=1S/C13H8F7NO2S/c14-11(15,12(16,17)18)13(19,20)24(22,23)21-10-7-3-5-8-4-1-2-6-9(8)10/h1-7,21H. The fraction of sp³-hybridized carbons (Fsp3) is 0.231. The van der Waals surface area contributed by atoms with E-state index < -0.39 is 33.1 Å². The number of fused-ring (bicyclic) bond motifs is 1. The Bertz CT molecular complexity index is 857. The molecule has 0 aromatic heterocycles. The number of hydrogen-bond donors (Lipinski definition) is 1. The van der Waals surface area contributed by atoms with Crippen molar-refractivity contribution < 1.29 is 39.2 Å². The summed E-state index contributed by atoms with van der Waals surface area (Å²) in [7, 11) is -6.40. The lowest BCUT2D eigenvalue weighted by atomic mass is 10.1. The fourth-order valence-corrected chi connectivity index (χ4v) is 2.91. The molecular formula is C13H8F7NO2S. The van der Waals surface area contributed by atoms with E-state index in [-0.39, 0.29) is 5.39 Å². The maximum absolute atomic E-state index is 13.4. The minimum absolute atomic E-state index is 0.0506. The van der Waals surface area contributed by atoms with Crippen molar-refractivity contribution >= 4 is 26.5 Å². The van der Waals surface area contributed by atoms with Crippen molar-refractivity contribution in [1.29, 1.82) is 0 Å². The molecule has 0 fully saturated rings. The molecule has 3 nitrogen and oxygen atoms in total. The second kappa shape index (κ2) is 5.50. The summed E-state index contributed by atoms with van der Waals surface area (Å²) in [6, 6.07) is 9.34. The third kappa shape index (κ3) is 2.76. The van der Waals surface area contributed by atoms with E-state index in [1.54, 1.807) is 0 Å². The van der Waals surface area contributed by atoms with Gasteiger partial charge in [-0.2, -0.15) is 39.2 Å². The number of benzene rings is 2. The summed E-state index contributed by atoms with van der Waals surface area (Å²) in [5.74, 6) is -6.77. The SMILES string of the molecule is O=S(=O)(Nc1cccc2ccccc12)C(F)(F)C(F)(F)C(F)(F)F. The Balaban J connectivity index is 2.51. The highest BCUT2D eigenvalue weighted by Gasteiger charge is 2.78. The van der Waals surface area contributed by atoms with Gasteiger partial charge in [-0.25, -0.2) is 0 Å². The molecule has 0 aliphatic rings. The molecule has 2 aromatic rings. The average Bonchev–Trinajstić information content (AvgIpc) is 2.45. The Morgan fingerprint density at radius 3 is 1.92 bits per heavy atom. The van der Waals surface area contributed by atoms with Crippen molar-refractivity contribution in [1.82, 2.24) is 0 Å². The highest BCUT2D eigenvalue weighted by molar-refractivity contribution is 7.93. The summed E-state index contributed by atoms with van der Waals surface area (Å²) >= 11 is 0. The Morgan fingerprint density at radius 2 is 1.33 bits per heavy atom. The molecule has 0 amide bonds. The molecule has 11 heteroatoms. The van der Waals surface area contributed by atoms with E-state index >= 15 is 0 Å². The molecule has 132 valence electrons. The number of nitrogens with one attached hydrogen (secondary N) is 1. The van der Waals surface area contributed by atoms with Crippen LogP contribution in [0.1, 0.15) is 0 Å². The van der Waals surface area contributed by atoms with Crippen molar-refractivity contribution in [3.05, 3.63) is 42.5 Å². The lowest BCUT2D eigenvalue weighted by Crippen LogP contribution is -2.57. The Labute approximate surface area is 131 Å². The number of hydrogen-bond acceptors (Lipinski definition) is 2. The summed E-state index contributed by atoms with van der Waals surface area (Å²) < 4.78 is 113. The summed E-state index contributed by atoms with van der Waals surface area (Å²) in [5.41, 5.74) is -0.550. The molecule has 0 atom stereocenters. The van der Waals surface area contributed by atoms with Crippen LogP contribution in [-0.4, -0.2) is 25.8 Å². The van der Waals surface area contributed by atoms with Crippen molar-refractivity contribution in [3.63, 3.8) is 0 Å². The maximum Gasteiger partial charge on any atom is 0.461 e. The van der Waals surface area contributed by atoms with Crippen LogP contribution in [0.4, 0.5) is 36.4 Å². The number of halogens is 7. The van der Waals surface area contributed by atoms with Crippen LogP contribution >= 0.6 is 0 Å². The zero-order valence-electron chi connectivity index (χ0n) is 11.4. The maximum atomic E-state index is 13.4. The summed E-state index contributed by atoms with van der Waals surface area (Å²) in [5, 5.41) is -5.99. The Morgan fingerprint density at radius 1 is 0.792 bits per heavy atom. The molecule has 0 spiro atoms. The van der Waals surface area contributed by atoms with Gasteiger partial charge in [0.25, 0.3) is 0 Å². The first-order valence-electron chi connectivity index (χ1n) is 6.14. The highest BCUT2D eigenvalue weighted by Crippen LogP contribution is 2.49. The molecule has 0 saturated heterocycles. The summed E-state index contributed by atoms with van der Waals surface area (Å²) in [6.07, 6.45) is -6.75. The van der Waals surface area contributed by atoms with Crippen LogP contribution in [-0.2, 0) is 10.0 Å². The monoisotopic (exact) mass is 375 g/mol. The number of anilines is 1. The number of sulfonamides is 1. The van der Waals surface area contributed by atoms with Gasteiger partial charge in [-0.1, -0.05) is 36.4 Å². The second-order valence-electron chi connectivity index (χ2n) is 4.72. The van der Waals surface area contributed by atoms with Gasteiger partial charge >= 0.3 is 27.4 Å². The molecule has 0 heterocycles. The third-order valence-electron chi connectivity index (χ3n) is 3.09. The number of rotatable bonds is 4. The van der Waals surface area contributed by atoms with Crippen LogP contribution in [0.2, 0.25) is 0 Å². The Kier molecular flexibility index (Phi) is 4.20. The van der Waals surface area contributed by atoms with Crippen molar-refractivity contribution in [3.8, 4) is 0 Å². The Hall–Kier alpha value is -2.04. The molecular weight excluding hydrogens is 367 g/mol. The molecule has 24 heavy (non-hydrogen) atoms. The lowest BCUT2D eigenvalue weighted by molar-refractivity contribution is -0.332. The first-order chi connectivity index (χ1) is 10.8. The van der Waals surface area contributed by atoms with Gasteiger partial charge in [0.1, 0.15) is 0 Å². The van der Waals surface area contributed by atoms with Gasteiger partial charge in [0.2, 0.25) is 0 Å². The quantitative estimate of drug-likeness (QED) is 0.807. The molecule has 2 rings (SSSR count). The first kappa shape index (κ1) is 18.3. The van der Waals surface area contributed by atoms with Crippen molar-refractivity contribution in [2.45, 2.75) is 17.4 Å². The summed E-state index contributed by atoms with van der Waals surface area (Å²) in [6.45, 7) is 0. The molecule has 0 unspecified atom stereocenters. The molecule has 1 N–H and O–H groups in total. The predicted octanol–water partition coefficient (Wildman–Crippen LogP) is 4.37. The van der Waals surface area contributed by atoms with Crippen LogP contribution in [0.25, 0.3) is 10.8 Å². The van der Waals surface area contributed by atoms with E-state index in [0.29, 0.717) is 5.39 Å². The van der Waals surface area contributed by atoms with Gasteiger partial charge in [-0.15, -0.1) is 0 Å². The van der Waals surface area contributed by atoms with Crippen molar-refractivity contribution in [2.24, 2.45) is 0 Å². The zero-order valence-corrected chi connectivity index (χ0v) is 12.2. The topological polar surface area (TPSA) is 46.2 Å². The van der Waals surface area contributed by atoms with Gasteiger partial charge < -0.3 is 0 Å². The van der Waals surface area contributed by atoms with Gasteiger partial charge in [0.05, 0.1) is 5.69 Å². The normalized spacial score (nSPS) is 14.0. The van der Waals surface area contributed by atoms with E-state index in [1.807, 2.05) is 0 Å². The van der Waals surface area contributed by atoms with Crippen LogP contribution < -0.4 is 4.72 Å². The van der Waals surface area contributed by atoms with Gasteiger partial charge in [0.15, 0.2) is 0 Å². The predicted molar refractivity (Wildman–Crippen MR) is 72.4 cm³/mol. The van der Waals surface area contributed by atoms with Crippen LogP contribution in [0.15, 0.2) is 42.5 Å². The van der Waals surface area contributed by atoms with E-state index in [1.165, 1.54) is 36.4 Å². The van der Waals surface area contributed by atoms with Crippen LogP contribution in [0.3, 0.4) is 0 Å². The molecule has 2 aromatic carbocycles. The fourth-order valence-electron chi connectivity index (χ4n) is 1.86. The van der Waals surface area contributed by atoms with Gasteiger partial charge in [-0.3, -0.25) is 4.72 Å². The van der Waals surface area contributed by atoms with Crippen molar-refractivity contribution in [2.75, 3.05) is 4.72 Å². The summed E-state index contributed by atoms with van der Waals surface area (Å²) in [4.78, 5) is 0. The van der Waals surface area contributed by atoms with Crippen LogP contribution in [0, 0.1) is 0 Å². The minimum Gasteiger partial charge on any atom is -0.278 e. The van der Waals surface area contributed by atoms with E-state index in [4.69, 9.17) is 0 Å². The molecule has 0 aliphatic carbocycles. The van der Waals surface area contributed by atoms with Gasteiger partial charge in [0, 0.05) is 5.39 Å². The minimum atomic E-state index is -6.77. The third-order valence-corrected chi connectivity index (χ3v) is 4.51. The highest BCUT2D eigenvalue weighted by atomic mass is 32.2.